The Labute approximate surface area is 105 Å². The van der Waals surface area contributed by atoms with Gasteiger partial charge in [0, 0.05) is 23.3 Å². The van der Waals surface area contributed by atoms with Gasteiger partial charge in [0.1, 0.15) is 17.2 Å². The van der Waals surface area contributed by atoms with Crippen LogP contribution in [0.25, 0.3) is 0 Å². The molecule has 1 saturated heterocycles. The van der Waals surface area contributed by atoms with Crippen molar-refractivity contribution in [3.8, 4) is 5.75 Å². The minimum atomic E-state index is -0.243. The molecular weight excluding hydrogens is 237 g/mol. The fourth-order valence-electron chi connectivity index (χ4n) is 2.81. The van der Waals surface area contributed by atoms with E-state index in [9.17, 15) is 4.39 Å². The van der Waals surface area contributed by atoms with E-state index >= 15 is 0 Å². The number of nitrogens with two attached hydrogens (primary N) is 1. The first-order valence-corrected chi connectivity index (χ1v) is 7.01. The molecule has 3 rings (SSSR count). The van der Waals surface area contributed by atoms with Gasteiger partial charge in [0.15, 0.2) is 0 Å². The van der Waals surface area contributed by atoms with Crippen LogP contribution in [0.3, 0.4) is 0 Å². The first-order valence-electron chi connectivity index (χ1n) is 5.96. The van der Waals surface area contributed by atoms with Crippen LogP contribution in [0.15, 0.2) is 18.2 Å². The Morgan fingerprint density at radius 1 is 1.53 bits per heavy atom. The monoisotopic (exact) mass is 253 g/mol. The number of thioether (sulfide) groups is 1. The summed E-state index contributed by atoms with van der Waals surface area (Å²) in [7, 11) is 0. The SMILES string of the molecule is CC1SCCC12CC(N)c1cc(F)ccc1O2. The van der Waals surface area contributed by atoms with E-state index in [0.29, 0.717) is 5.25 Å². The van der Waals surface area contributed by atoms with Crippen LogP contribution in [0.4, 0.5) is 4.39 Å². The van der Waals surface area contributed by atoms with Gasteiger partial charge in [-0.25, -0.2) is 4.39 Å². The van der Waals surface area contributed by atoms with Crippen molar-refractivity contribution in [1.82, 2.24) is 0 Å². The van der Waals surface area contributed by atoms with Gasteiger partial charge in [-0.1, -0.05) is 0 Å². The molecule has 0 aromatic heterocycles. The van der Waals surface area contributed by atoms with Crippen LogP contribution in [0.5, 0.6) is 5.75 Å². The summed E-state index contributed by atoms with van der Waals surface area (Å²) in [5.74, 6) is 1.64. The summed E-state index contributed by atoms with van der Waals surface area (Å²) in [6, 6.07) is 4.54. The van der Waals surface area contributed by atoms with Gasteiger partial charge in [-0.3, -0.25) is 0 Å². The summed E-state index contributed by atoms with van der Waals surface area (Å²) in [6.07, 6.45) is 1.82. The average molecular weight is 253 g/mol. The van der Waals surface area contributed by atoms with Crippen molar-refractivity contribution in [3.05, 3.63) is 29.6 Å². The van der Waals surface area contributed by atoms with Crippen molar-refractivity contribution in [2.24, 2.45) is 5.73 Å². The van der Waals surface area contributed by atoms with E-state index in [2.05, 4.69) is 6.92 Å². The van der Waals surface area contributed by atoms with E-state index in [4.69, 9.17) is 10.5 Å². The Morgan fingerprint density at radius 3 is 3.06 bits per heavy atom. The summed E-state index contributed by atoms with van der Waals surface area (Å²) < 4.78 is 19.3. The van der Waals surface area contributed by atoms with Gasteiger partial charge in [-0.05, 0) is 37.3 Å². The summed E-state index contributed by atoms with van der Waals surface area (Å²) in [5.41, 5.74) is 6.84. The van der Waals surface area contributed by atoms with E-state index in [1.165, 1.54) is 12.1 Å². The number of ether oxygens (including phenoxy) is 1. The fraction of sp³-hybridized carbons (Fsp3) is 0.538. The van der Waals surface area contributed by atoms with Crippen LogP contribution in [-0.4, -0.2) is 16.6 Å². The zero-order valence-electron chi connectivity index (χ0n) is 9.78. The standard InChI is InChI=1S/C13H16FNOS/c1-8-13(4-5-17-8)7-11(15)10-6-9(14)2-3-12(10)16-13/h2-3,6,8,11H,4-5,7,15H2,1H3. The number of halogens is 1. The quantitative estimate of drug-likeness (QED) is 0.772. The third-order valence-corrected chi connectivity index (χ3v) is 5.25. The number of benzene rings is 1. The molecule has 0 saturated carbocycles. The molecule has 1 spiro atoms. The molecule has 3 unspecified atom stereocenters. The van der Waals surface area contributed by atoms with Crippen LogP contribution >= 0.6 is 11.8 Å². The minimum Gasteiger partial charge on any atom is -0.486 e. The lowest BCUT2D eigenvalue weighted by atomic mass is 9.84. The Balaban J connectivity index is 2.01. The Kier molecular flexibility index (Phi) is 2.60. The van der Waals surface area contributed by atoms with Crippen LogP contribution in [-0.2, 0) is 0 Å². The van der Waals surface area contributed by atoms with Crippen LogP contribution in [0.2, 0.25) is 0 Å². The normalized spacial score (nSPS) is 35.7. The van der Waals surface area contributed by atoms with Crippen molar-refractivity contribution in [2.75, 3.05) is 5.75 Å². The molecule has 3 atom stereocenters. The highest BCUT2D eigenvalue weighted by molar-refractivity contribution is 8.00. The van der Waals surface area contributed by atoms with Crippen molar-refractivity contribution in [1.29, 1.82) is 0 Å². The number of rotatable bonds is 0. The first kappa shape index (κ1) is 11.4. The molecule has 1 aromatic rings. The Morgan fingerprint density at radius 2 is 2.35 bits per heavy atom. The highest BCUT2D eigenvalue weighted by Gasteiger charge is 2.47. The van der Waals surface area contributed by atoms with Gasteiger partial charge in [0.05, 0.1) is 0 Å². The summed E-state index contributed by atoms with van der Waals surface area (Å²) in [5, 5.41) is 0.451. The van der Waals surface area contributed by atoms with Crippen LogP contribution < -0.4 is 10.5 Å². The lowest BCUT2D eigenvalue weighted by Gasteiger charge is -2.41. The molecule has 1 aromatic carbocycles. The van der Waals surface area contributed by atoms with Crippen molar-refractivity contribution >= 4 is 11.8 Å². The van der Waals surface area contributed by atoms with Gasteiger partial charge in [-0.2, -0.15) is 11.8 Å². The highest BCUT2D eigenvalue weighted by atomic mass is 32.2. The molecule has 2 aliphatic rings. The molecule has 2 N–H and O–H groups in total. The number of hydrogen-bond acceptors (Lipinski definition) is 3. The van der Waals surface area contributed by atoms with Gasteiger partial charge in [-0.15, -0.1) is 0 Å². The van der Waals surface area contributed by atoms with Crippen LogP contribution in [0, 0.1) is 5.82 Å². The molecule has 0 bridgehead atoms. The summed E-state index contributed by atoms with van der Waals surface area (Å²) in [4.78, 5) is 0. The van der Waals surface area contributed by atoms with Crippen LogP contribution in [0.1, 0.15) is 31.4 Å². The summed E-state index contributed by atoms with van der Waals surface area (Å²) in [6.45, 7) is 2.19. The van der Waals surface area contributed by atoms with E-state index in [1.807, 2.05) is 11.8 Å². The lowest BCUT2D eigenvalue weighted by Crippen LogP contribution is -2.47. The Bertz CT molecular complexity index is 453. The van der Waals surface area contributed by atoms with Crippen molar-refractivity contribution in [3.63, 3.8) is 0 Å². The molecule has 2 aliphatic heterocycles. The zero-order chi connectivity index (χ0) is 12.0. The number of hydrogen-bond donors (Lipinski definition) is 1. The molecule has 92 valence electrons. The minimum absolute atomic E-state index is 0.115. The van der Waals surface area contributed by atoms with E-state index in [-0.39, 0.29) is 17.5 Å². The maximum Gasteiger partial charge on any atom is 0.125 e. The first-order chi connectivity index (χ1) is 8.11. The molecule has 0 amide bonds. The van der Waals surface area contributed by atoms with Gasteiger partial charge in [0.2, 0.25) is 0 Å². The highest BCUT2D eigenvalue weighted by Crippen LogP contribution is 2.48. The molecule has 17 heavy (non-hydrogen) atoms. The fourth-order valence-corrected chi connectivity index (χ4v) is 4.19. The van der Waals surface area contributed by atoms with Crippen molar-refractivity contribution < 1.29 is 9.13 Å². The molecular formula is C13H16FNOS. The third-order valence-electron chi connectivity index (χ3n) is 3.88. The second-order valence-corrected chi connectivity index (χ2v) is 6.37. The smallest absolute Gasteiger partial charge is 0.125 e. The summed E-state index contributed by atoms with van der Waals surface area (Å²) >= 11 is 1.93. The van der Waals surface area contributed by atoms with E-state index < -0.39 is 0 Å². The Hall–Kier alpha value is -0.740. The topological polar surface area (TPSA) is 35.2 Å². The van der Waals surface area contributed by atoms with Crippen molar-refractivity contribution in [2.45, 2.75) is 36.7 Å². The van der Waals surface area contributed by atoms with Gasteiger partial charge >= 0.3 is 0 Å². The largest absolute Gasteiger partial charge is 0.486 e. The molecule has 1 fully saturated rings. The van der Waals surface area contributed by atoms with Gasteiger partial charge < -0.3 is 10.5 Å². The predicted molar refractivity (Wildman–Crippen MR) is 67.8 cm³/mol. The maximum absolute atomic E-state index is 13.2. The maximum atomic E-state index is 13.2. The second kappa shape index (κ2) is 3.89. The molecule has 0 aliphatic carbocycles. The molecule has 2 heterocycles. The van der Waals surface area contributed by atoms with E-state index in [1.54, 1.807) is 6.07 Å². The zero-order valence-corrected chi connectivity index (χ0v) is 10.6. The number of fused-ring (bicyclic) bond motifs is 1. The second-order valence-electron chi connectivity index (χ2n) is 4.92. The van der Waals surface area contributed by atoms with E-state index in [0.717, 1.165) is 29.9 Å². The lowest BCUT2D eigenvalue weighted by molar-refractivity contribution is 0.0408. The molecule has 2 nitrogen and oxygen atoms in total. The molecule has 4 heteroatoms. The van der Waals surface area contributed by atoms with Gasteiger partial charge in [0.25, 0.3) is 0 Å². The molecule has 0 radical (unpaired) electrons. The average Bonchev–Trinajstić information content (AvgIpc) is 2.62. The third kappa shape index (κ3) is 1.74. The predicted octanol–water partition coefficient (Wildman–Crippen LogP) is 2.87.